The van der Waals surface area contributed by atoms with Gasteiger partial charge in [0.05, 0.1) is 0 Å². The van der Waals surface area contributed by atoms with E-state index in [1.807, 2.05) is 0 Å². The standard InChI is InChI=1S/C8H12O/c1-3-4-5-6-7-8(2)9/h3-5H2,1-2H3. The van der Waals surface area contributed by atoms with Gasteiger partial charge in [-0.15, -0.1) is 0 Å². The Balaban J connectivity index is 3.27. The van der Waals surface area contributed by atoms with Crippen LogP contribution in [0.4, 0.5) is 0 Å². The molecule has 0 spiro atoms. The molecule has 0 aliphatic carbocycles. The molecule has 0 rings (SSSR count). The Bertz CT molecular complexity index is 136. The molecule has 9 heavy (non-hydrogen) atoms. The van der Waals surface area contributed by atoms with Crippen molar-refractivity contribution < 1.29 is 4.79 Å². The highest BCUT2D eigenvalue weighted by Gasteiger charge is 1.78. The molecule has 0 atom stereocenters. The van der Waals surface area contributed by atoms with Gasteiger partial charge in [-0.2, -0.15) is 0 Å². The maximum absolute atomic E-state index is 10.2. The summed E-state index contributed by atoms with van der Waals surface area (Å²) in [6, 6.07) is 0. The lowest BCUT2D eigenvalue weighted by atomic mass is 10.2. The fraction of sp³-hybridized carbons (Fsp3) is 0.625. The third-order valence-electron chi connectivity index (χ3n) is 0.920. The van der Waals surface area contributed by atoms with Crippen molar-refractivity contribution in [3.63, 3.8) is 0 Å². The van der Waals surface area contributed by atoms with Crippen LogP contribution in [0.25, 0.3) is 0 Å². The third-order valence-corrected chi connectivity index (χ3v) is 0.920. The van der Waals surface area contributed by atoms with E-state index < -0.39 is 0 Å². The van der Waals surface area contributed by atoms with Gasteiger partial charge >= 0.3 is 0 Å². The zero-order valence-corrected chi connectivity index (χ0v) is 6.03. The summed E-state index contributed by atoms with van der Waals surface area (Å²) in [5.74, 6) is 5.24. The summed E-state index contributed by atoms with van der Waals surface area (Å²) in [6.07, 6.45) is 3.10. The van der Waals surface area contributed by atoms with Crippen LogP contribution in [0.15, 0.2) is 0 Å². The fourth-order valence-corrected chi connectivity index (χ4v) is 0.452. The molecule has 0 aromatic rings. The smallest absolute Gasteiger partial charge is 0.202 e. The summed E-state index contributed by atoms with van der Waals surface area (Å²) >= 11 is 0. The highest BCUT2D eigenvalue weighted by atomic mass is 16.1. The van der Waals surface area contributed by atoms with Gasteiger partial charge in [0, 0.05) is 13.3 Å². The molecule has 0 aliphatic rings. The Hall–Kier alpha value is -0.770. The van der Waals surface area contributed by atoms with Crippen molar-refractivity contribution in [2.75, 3.05) is 0 Å². The van der Waals surface area contributed by atoms with E-state index in [2.05, 4.69) is 18.8 Å². The van der Waals surface area contributed by atoms with Crippen molar-refractivity contribution in [1.82, 2.24) is 0 Å². The lowest BCUT2D eigenvalue weighted by Gasteiger charge is -1.81. The Morgan fingerprint density at radius 3 is 2.67 bits per heavy atom. The molecule has 0 aromatic heterocycles. The minimum atomic E-state index is -0.0360. The Labute approximate surface area is 56.5 Å². The molecule has 0 fully saturated rings. The van der Waals surface area contributed by atoms with Crippen LogP contribution in [-0.4, -0.2) is 5.78 Å². The largest absolute Gasteiger partial charge is 0.285 e. The number of rotatable bonds is 2. The molecule has 50 valence electrons. The minimum absolute atomic E-state index is 0.0360. The number of unbranched alkanes of at least 4 members (excludes halogenated alkanes) is 2. The predicted octanol–water partition coefficient (Wildman–Crippen LogP) is 1.77. The Morgan fingerprint density at radius 1 is 1.56 bits per heavy atom. The fourth-order valence-electron chi connectivity index (χ4n) is 0.452. The van der Waals surface area contributed by atoms with Gasteiger partial charge in [0.2, 0.25) is 5.78 Å². The highest BCUT2D eigenvalue weighted by Crippen LogP contribution is 1.89. The van der Waals surface area contributed by atoms with Crippen molar-refractivity contribution in [2.45, 2.75) is 33.1 Å². The maximum atomic E-state index is 10.2. The molecule has 1 nitrogen and oxygen atoms in total. The highest BCUT2D eigenvalue weighted by molar-refractivity contribution is 5.93. The lowest BCUT2D eigenvalue weighted by Crippen LogP contribution is -1.79. The van der Waals surface area contributed by atoms with E-state index in [9.17, 15) is 4.79 Å². The van der Waals surface area contributed by atoms with Gasteiger partial charge in [-0.25, -0.2) is 0 Å². The quantitative estimate of drug-likeness (QED) is 0.311. The minimum Gasteiger partial charge on any atom is -0.285 e. The van der Waals surface area contributed by atoms with E-state index in [-0.39, 0.29) is 5.78 Å². The van der Waals surface area contributed by atoms with Crippen molar-refractivity contribution in [3.05, 3.63) is 0 Å². The van der Waals surface area contributed by atoms with Gasteiger partial charge in [-0.1, -0.05) is 19.3 Å². The van der Waals surface area contributed by atoms with Crippen LogP contribution in [0.5, 0.6) is 0 Å². The van der Waals surface area contributed by atoms with E-state index in [1.54, 1.807) is 0 Å². The van der Waals surface area contributed by atoms with Crippen molar-refractivity contribution in [3.8, 4) is 11.8 Å². The van der Waals surface area contributed by atoms with E-state index in [1.165, 1.54) is 6.92 Å². The van der Waals surface area contributed by atoms with E-state index >= 15 is 0 Å². The molecule has 0 saturated heterocycles. The van der Waals surface area contributed by atoms with Crippen LogP contribution < -0.4 is 0 Å². The number of ketones is 1. The van der Waals surface area contributed by atoms with Crippen molar-refractivity contribution in [2.24, 2.45) is 0 Å². The number of hydrogen-bond donors (Lipinski definition) is 0. The van der Waals surface area contributed by atoms with Crippen LogP contribution in [0, 0.1) is 11.8 Å². The van der Waals surface area contributed by atoms with E-state index in [4.69, 9.17) is 0 Å². The summed E-state index contributed by atoms with van der Waals surface area (Å²) < 4.78 is 0. The van der Waals surface area contributed by atoms with Gasteiger partial charge < -0.3 is 0 Å². The average Bonchev–Trinajstić information content (AvgIpc) is 1.80. The Kier molecular flexibility index (Phi) is 4.91. The molecule has 0 aliphatic heterocycles. The molecular weight excluding hydrogens is 112 g/mol. The van der Waals surface area contributed by atoms with Gasteiger partial charge in [-0.3, -0.25) is 4.79 Å². The molecule has 0 bridgehead atoms. The van der Waals surface area contributed by atoms with Gasteiger partial charge in [0.1, 0.15) is 0 Å². The first-order chi connectivity index (χ1) is 4.27. The molecule has 0 saturated carbocycles. The summed E-state index contributed by atoms with van der Waals surface area (Å²) in [5.41, 5.74) is 0. The maximum Gasteiger partial charge on any atom is 0.202 e. The van der Waals surface area contributed by atoms with E-state index in [0.717, 1.165) is 19.3 Å². The topological polar surface area (TPSA) is 17.1 Å². The first-order valence-electron chi connectivity index (χ1n) is 3.26. The number of hydrogen-bond acceptors (Lipinski definition) is 1. The van der Waals surface area contributed by atoms with Crippen LogP contribution in [0.2, 0.25) is 0 Å². The zero-order chi connectivity index (χ0) is 7.11. The van der Waals surface area contributed by atoms with Crippen molar-refractivity contribution in [1.29, 1.82) is 0 Å². The van der Waals surface area contributed by atoms with Crippen LogP contribution in [-0.2, 0) is 4.79 Å². The van der Waals surface area contributed by atoms with E-state index in [0.29, 0.717) is 0 Å². The molecule has 0 aromatic carbocycles. The lowest BCUT2D eigenvalue weighted by molar-refractivity contribution is -0.111. The number of Topliss-reactive ketones (excluding diaryl/α,β-unsaturated/α-hetero) is 1. The van der Waals surface area contributed by atoms with Gasteiger partial charge in [-0.05, 0) is 12.3 Å². The molecule has 0 radical (unpaired) electrons. The van der Waals surface area contributed by atoms with Crippen molar-refractivity contribution >= 4 is 5.78 Å². The monoisotopic (exact) mass is 124 g/mol. The van der Waals surface area contributed by atoms with Gasteiger partial charge in [0.25, 0.3) is 0 Å². The van der Waals surface area contributed by atoms with Gasteiger partial charge in [0.15, 0.2) is 0 Å². The second-order valence-electron chi connectivity index (χ2n) is 1.96. The molecule has 0 heterocycles. The van der Waals surface area contributed by atoms with Crippen LogP contribution in [0.3, 0.4) is 0 Å². The molecular formula is C8H12O. The Morgan fingerprint density at radius 2 is 2.22 bits per heavy atom. The third kappa shape index (κ3) is 7.23. The first-order valence-corrected chi connectivity index (χ1v) is 3.26. The SMILES string of the molecule is CCCCC#CC(C)=O. The van der Waals surface area contributed by atoms with Crippen LogP contribution in [0.1, 0.15) is 33.1 Å². The summed E-state index contributed by atoms with van der Waals surface area (Å²) in [6.45, 7) is 3.59. The molecule has 1 heteroatoms. The normalized spacial score (nSPS) is 7.78. The van der Waals surface area contributed by atoms with Crippen LogP contribution >= 0.6 is 0 Å². The molecule has 0 N–H and O–H groups in total. The number of carbonyl (C=O) groups excluding carboxylic acids is 1. The molecule has 0 amide bonds. The average molecular weight is 124 g/mol. The summed E-state index contributed by atoms with van der Waals surface area (Å²) in [5, 5.41) is 0. The number of carbonyl (C=O) groups is 1. The second kappa shape index (κ2) is 5.37. The zero-order valence-electron chi connectivity index (χ0n) is 6.03. The second-order valence-corrected chi connectivity index (χ2v) is 1.96. The summed E-state index contributed by atoms with van der Waals surface area (Å²) in [7, 11) is 0. The first kappa shape index (κ1) is 8.23. The predicted molar refractivity (Wildman–Crippen MR) is 38.0 cm³/mol. The molecule has 0 unspecified atom stereocenters. The summed E-state index contributed by atoms with van der Waals surface area (Å²) in [4.78, 5) is 10.2.